The van der Waals surface area contributed by atoms with Crippen molar-refractivity contribution >= 4 is 39.5 Å². The summed E-state index contributed by atoms with van der Waals surface area (Å²) < 4.78 is 10.2. The number of carbonyl (C=O) groups excluding carboxylic acids is 1. The molecule has 1 aliphatic rings. The standard InChI is InChI=1S/C21H17BrN2O4S/c22-17-10-23-29-20(17)18(9-19(25)26)24-21(27)28-11-16-14-7-3-1-5-12(14)13-6-2-4-8-15(13)16/h1-8,10,16,18H,9,11H2,(H,24,27)(H,25,26)/t18-/m0/s1. The van der Waals surface area contributed by atoms with Crippen LogP contribution in [0.25, 0.3) is 11.1 Å². The van der Waals surface area contributed by atoms with E-state index in [0.29, 0.717) is 9.35 Å². The minimum atomic E-state index is -1.02. The molecule has 0 bridgehead atoms. The molecule has 4 rings (SSSR count). The molecule has 0 saturated heterocycles. The van der Waals surface area contributed by atoms with Crippen LogP contribution in [0.3, 0.4) is 0 Å². The molecule has 0 saturated carbocycles. The Balaban J connectivity index is 1.48. The Kier molecular flexibility index (Phi) is 5.64. The summed E-state index contributed by atoms with van der Waals surface area (Å²) in [7, 11) is 0. The number of carbonyl (C=O) groups is 2. The van der Waals surface area contributed by atoms with Crippen molar-refractivity contribution in [3.8, 4) is 11.1 Å². The number of aliphatic carboxylic acids is 1. The zero-order valence-electron chi connectivity index (χ0n) is 15.2. The van der Waals surface area contributed by atoms with Crippen molar-refractivity contribution in [2.45, 2.75) is 18.4 Å². The van der Waals surface area contributed by atoms with Crippen LogP contribution in [0.15, 0.2) is 59.2 Å². The number of hydrogen-bond acceptors (Lipinski definition) is 5. The van der Waals surface area contributed by atoms with Gasteiger partial charge in [-0.25, -0.2) is 4.79 Å². The van der Waals surface area contributed by atoms with E-state index in [1.165, 1.54) is 0 Å². The molecule has 0 spiro atoms. The molecule has 8 heteroatoms. The molecular weight excluding hydrogens is 456 g/mol. The summed E-state index contributed by atoms with van der Waals surface area (Å²) in [5.74, 6) is -1.07. The van der Waals surface area contributed by atoms with Gasteiger partial charge in [-0.2, -0.15) is 4.37 Å². The molecule has 1 aliphatic carbocycles. The Labute approximate surface area is 179 Å². The second kappa shape index (κ2) is 8.34. The molecule has 0 fully saturated rings. The number of benzene rings is 2. The van der Waals surface area contributed by atoms with Crippen LogP contribution < -0.4 is 5.32 Å². The van der Waals surface area contributed by atoms with Gasteiger partial charge in [-0.15, -0.1) is 0 Å². The average Bonchev–Trinajstić information content (AvgIpc) is 3.27. The number of nitrogens with zero attached hydrogens (tertiary/aromatic N) is 1. The normalized spacial score (nSPS) is 13.4. The molecule has 0 radical (unpaired) electrons. The Hall–Kier alpha value is -2.71. The summed E-state index contributed by atoms with van der Waals surface area (Å²) in [4.78, 5) is 24.3. The third-order valence-electron chi connectivity index (χ3n) is 4.88. The van der Waals surface area contributed by atoms with Crippen molar-refractivity contribution in [2.75, 3.05) is 6.61 Å². The van der Waals surface area contributed by atoms with Crippen LogP contribution in [-0.2, 0) is 9.53 Å². The minimum Gasteiger partial charge on any atom is -0.481 e. The van der Waals surface area contributed by atoms with Crippen LogP contribution >= 0.6 is 27.5 Å². The van der Waals surface area contributed by atoms with E-state index in [4.69, 9.17) is 4.74 Å². The largest absolute Gasteiger partial charge is 0.481 e. The zero-order chi connectivity index (χ0) is 20.4. The molecule has 1 amide bonds. The first-order chi connectivity index (χ1) is 14.0. The molecule has 148 valence electrons. The van der Waals surface area contributed by atoms with Gasteiger partial charge in [-0.3, -0.25) is 4.79 Å². The van der Waals surface area contributed by atoms with Gasteiger partial charge in [0, 0.05) is 5.92 Å². The van der Waals surface area contributed by atoms with Crippen LogP contribution in [0.5, 0.6) is 0 Å². The van der Waals surface area contributed by atoms with E-state index < -0.39 is 18.1 Å². The number of ether oxygens (including phenoxy) is 1. The summed E-state index contributed by atoms with van der Waals surface area (Å²) in [6.45, 7) is 0.170. The van der Waals surface area contributed by atoms with Crippen molar-refractivity contribution in [3.05, 3.63) is 75.2 Å². The molecular formula is C21H17BrN2O4S. The maximum atomic E-state index is 12.5. The molecule has 6 nitrogen and oxygen atoms in total. The predicted molar refractivity (Wildman–Crippen MR) is 113 cm³/mol. The smallest absolute Gasteiger partial charge is 0.407 e. The second-order valence-corrected chi connectivity index (χ2v) is 8.35. The Morgan fingerprint density at radius 2 is 1.76 bits per heavy atom. The SMILES string of the molecule is O=C(O)C[C@H](NC(=O)OCC1c2ccccc2-c2ccccc21)c1sncc1Br. The van der Waals surface area contributed by atoms with E-state index in [1.807, 2.05) is 36.4 Å². The fourth-order valence-corrected chi connectivity index (χ4v) is 5.05. The second-order valence-electron chi connectivity index (χ2n) is 6.66. The van der Waals surface area contributed by atoms with Gasteiger partial charge >= 0.3 is 12.1 Å². The lowest BCUT2D eigenvalue weighted by atomic mass is 9.98. The van der Waals surface area contributed by atoms with Crippen molar-refractivity contribution in [3.63, 3.8) is 0 Å². The van der Waals surface area contributed by atoms with Gasteiger partial charge in [0.15, 0.2) is 0 Å². The minimum absolute atomic E-state index is 0.0544. The fourth-order valence-electron chi connectivity index (χ4n) is 3.63. The van der Waals surface area contributed by atoms with E-state index in [1.54, 1.807) is 6.20 Å². The van der Waals surface area contributed by atoms with Crippen molar-refractivity contribution < 1.29 is 19.4 Å². The monoisotopic (exact) mass is 472 g/mol. The predicted octanol–water partition coefficient (Wildman–Crippen LogP) is 4.96. The number of halogens is 1. The van der Waals surface area contributed by atoms with Gasteiger partial charge in [0.2, 0.25) is 0 Å². The highest BCUT2D eigenvalue weighted by Crippen LogP contribution is 2.44. The van der Waals surface area contributed by atoms with Gasteiger partial charge in [0.05, 0.1) is 28.0 Å². The van der Waals surface area contributed by atoms with E-state index in [0.717, 1.165) is 33.8 Å². The lowest BCUT2D eigenvalue weighted by Gasteiger charge is -2.18. The highest BCUT2D eigenvalue weighted by atomic mass is 79.9. The van der Waals surface area contributed by atoms with E-state index in [9.17, 15) is 14.7 Å². The number of hydrogen-bond donors (Lipinski definition) is 2. The molecule has 1 atom stereocenters. The Morgan fingerprint density at radius 1 is 1.14 bits per heavy atom. The summed E-state index contributed by atoms with van der Waals surface area (Å²) in [5, 5.41) is 11.8. The number of rotatable bonds is 6. The summed E-state index contributed by atoms with van der Waals surface area (Å²) in [6.07, 6.45) is 0.664. The molecule has 3 aromatic rings. The lowest BCUT2D eigenvalue weighted by Crippen LogP contribution is -2.31. The first-order valence-electron chi connectivity index (χ1n) is 8.98. The first kappa shape index (κ1) is 19.6. The Morgan fingerprint density at radius 3 is 2.31 bits per heavy atom. The van der Waals surface area contributed by atoms with E-state index in [2.05, 4.69) is 37.8 Å². The van der Waals surface area contributed by atoms with Gasteiger partial charge in [-0.05, 0) is 49.7 Å². The van der Waals surface area contributed by atoms with Crippen molar-refractivity contribution in [2.24, 2.45) is 0 Å². The number of carboxylic acid groups (broad SMARTS) is 1. The van der Waals surface area contributed by atoms with E-state index in [-0.39, 0.29) is 18.9 Å². The third-order valence-corrected chi connectivity index (χ3v) is 6.69. The summed E-state index contributed by atoms with van der Waals surface area (Å²) >= 11 is 4.47. The zero-order valence-corrected chi connectivity index (χ0v) is 17.6. The molecule has 0 aliphatic heterocycles. The molecule has 0 unspecified atom stereocenters. The number of amides is 1. The van der Waals surface area contributed by atoms with Crippen LogP contribution in [-0.4, -0.2) is 28.1 Å². The van der Waals surface area contributed by atoms with Crippen LogP contribution in [0, 0.1) is 0 Å². The summed E-state index contributed by atoms with van der Waals surface area (Å²) in [5.41, 5.74) is 4.53. The summed E-state index contributed by atoms with van der Waals surface area (Å²) in [6, 6.07) is 15.4. The average molecular weight is 473 g/mol. The van der Waals surface area contributed by atoms with Gasteiger partial charge < -0.3 is 15.2 Å². The number of fused-ring (bicyclic) bond motifs is 3. The van der Waals surface area contributed by atoms with Gasteiger partial charge in [-0.1, -0.05) is 48.5 Å². The molecule has 2 aromatic carbocycles. The number of alkyl carbamates (subject to hydrolysis) is 1. The highest BCUT2D eigenvalue weighted by molar-refractivity contribution is 9.10. The van der Waals surface area contributed by atoms with Crippen LogP contribution in [0.2, 0.25) is 0 Å². The van der Waals surface area contributed by atoms with Crippen molar-refractivity contribution in [1.29, 1.82) is 0 Å². The maximum Gasteiger partial charge on any atom is 0.407 e. The number of aromatic nitrogens is 1. The van der Waals surface area contributed by atoms with Crippen LogP contribution in [0.1, 0.15) is 34.4 Å². The van der Waals surface area contributed by atoms with Gasteiger partial charge in [0.25, 0.3) is 0 Å². The van der Waals surface area contributed by atoms with Gasteiger partial charge in [0.1, 0.15) is 6.61 Å². The fraction of sp³-hybridized carbons (Fsp3) is 0.190. The Bertz CT molecular complexity index is 1020. The van der Waals surface area contributed by atoms with E-state index >= 15 is 0 Å². The quantitative estimate of drug-likeness (QED) is 0.529. The lowest BCUT2D eigenvalue weighted by molar-refractivity contribution is -0.137. The number of nitrogens with one attached hydrogen (secondary N) is 1. The molecule has 29 heavy (non-hydrogen) atoms. The topological polar surface area (TPSA) is 88.5 Å². The van der Waals surface area contributed by atoms with Crippen LogP contribution in [0.4, 0.5) is 4.79 Å². The van der Waals surface area contributed by atoms with Crippen molar-refractivity contribution in [1.82, 2.24) is 9.69 Å². The molecule has 1 aromatic heterocycles. The first-order valence-corrected chi connectivity index (χ1v) is 10.5. The molecule has 1 heterocycles. The third kappa shape index (κ3) is 4.04. The molecule has 2 N–H and O–H groups in total. The highest BCUT2D eigenvalue weighted by Gasteiger charge is 2.30. The maximum absolute atomic E-state index is 12.5. The number of carboxylic acids is 1.